The number of nitrogen functional groups attached to an aromatic ring is 1. The first-order valence-corrected chi connectivity index (χ1v) is 7.37. The van der Waals surface area contributed by atoms with E-state index >= 15 is 0 Å². The van der Waals surface area contributed by atoms with Crippen LogP contribution in [0, 0.1) is 0 Å². The van der Waals surface area contributed by atoms with Crippen LogP contribution >= 0.6 is 11.6 Å². The second-order valence-electron chi connectivity index (χ2n) is 5.15. The summed E-state index contributed by atoms with van der Waals surface area (Å²) in [4.78, 5) is 14.6. The van der Waals surface area contributed by atoms with Gasteiger partial charge in [0.15, 0.2) is 0 Å². The maximum atomic E-state index is 12.6. The van der Waals surface area contributed by atoms with Gasteiger partial charge in [0, 0.05) is 18.2 Å². The summed E-state index contributed by atoms with van der Waals surface area (Å²) >= 11 is 5.90. The molecule has 1 aromatic carbocycles. The summed E-state index contributed by atoms with van der Waals surface area (Å²) < 4.78 is 0. The highest BCUT2D eigenvalue weighted by Gasteiger charge is 2.25. The third-order valence-electron chi connectivity index (χ3n) is 3.85. The average molecular weight is 281 g/mol. The van der Waals surface area contributed by atoms with Gasteiger partial charge in [-0.25, -0.2) is 0 Å². The van der Waals surface area contributed by atoms with Gasteiger partial charge in [-0.2, -0.15) is 0 Å². The van der Waals surface area contributed by atoms with Crippen LogP contribution in [-0.4, -0.2) is 23.4 Å². The molecule has 1 amide bonds. The zero-order chi connectivity index (χ0) is 13.8. The lowest BCUT2D eigenvalue weighted by Crippen LogP contribution is -2.39. The van der Waals surface area contributed by atoms with Gasteiger partial charge < -0.3 is 10.6 Å². The molecular formula is C15H21ClN2O. The molecular weight excluding hydrogens is 260 g/mol. The van der Waals surface area contributed by atoms with Crippen molar-refractivity contribution in [1.29, 1.82) is 0 Å². The predicted octanol–water partition coefficient (Wildman–Crippen LogP) is 3.72. The molecule has 1 atom stereocenters. The first-order valence-electron chi connectivity index (χ1n) is 6.99. The van der Waals surface area contributed by atoms with Crippen LogP contribution in [0.15, 0.2) is 18.2 Å². The molecule has 1 aliphatic rings. The molecule has 1 heterocycles. The Kier molecular flexibility index (Phi) is 4.70. The molecule has 1 aromatic rings. The van der Waals surface area contributed by atoms with E-state index in [1.807, 2.05) is 4.90 Å². The first kappa shape index (κ1) is 14.2. The van der Waals surface area contributed by atoms with Crippen molar-refractivity contribution in [2.24, 2.45) is 0 Å². The van der Waals surface area contributed by atoms with E-state index in [0.29, 0.717) is 22.3 Å². The summed E-state index contributed by atoms with van der Waals surface area (Å²) in [7, 11) is 0. The fraction of sp³-hybridized carbons (Fsp3) is 0.533. The molecule has 4 heteroatoms. The van der Waals surface area contributed by atoms with Gasteiger partial charge in [0.05, 0.1) is 10.7 Å². The van der Waals surface area contributed by atoms with Gasteiger partial charge in [0.2, 0.25) is 0 Å². The lowest BCUT2D eigenvalue weighted by molar-refractivity contribution is 0.0678. The Hall–Kier alpha value is -1.22. The monoisotopic (exact) mass is 280 g/mol. The number of hydrogen-bond donors (Lipinski definition) is 1. The van der Waals surface area contributed by atoms with Crippen LogP contribution in [0.2, 0.25) is 5.02 Å². The van der Waals surface area contributed by atoms with Crippen molar-refractivity contribution in [2.45, 2.75) is 45.1 Å². The van der Waals surface area contributed by atoms with E-state index in [1.165, 1.54) is 12.8 Å². The highest BCUT2D eigenvalue weighted by Crippen LogP contribution is 2.24. The molecule has 1 aliphatic heterocycles. The van der Waals surface area contributed by atoms with E-state index in [1.54, 1.807) is 18.2 Å². The number of likely N-dealkylation sites (tertiary alicyclic amines) is 1. The molecule has 1 unspecified atom stereocenters. The molecule has 104 valence electrons. The molecule has 2 N–H and O–H groups in total. The Morgan fingerprint density at radius 1 is 1.42 bits per heavy atom. The van der Waals surface area contributed by atoms with Crippen molar-refractivity contribution in [3.63, 3.8) is 0 Å². The molecule has 2 rings (SSSR count). The van der Waals surface area contributed by atoms with Crippen molar-refractivity contribution in [1.82, 2.24) is 4.90 Å². The lowest BCUT2D eigenvalue weighted by atomic mass is 10.1. The minimum atomic E-state index is 0.0807. The van der Waals surface area contributed by atoms with Gasteiger partial charge in [0.25, 0.3) is 5.91 Å². The Morgan fingerprint density at radius 2 is 2.21 bits per heavy atom. The molecule has 0 spiro atoms. The number of benzene rings is 1. The van der Waals surface area contributed by atoms with Crippen molar-refractivity contribution >= 4 is 23.2 Å². The third-order valence-corrected chi connectivity index (χ3v) is 4.20. The normalized spacial score (nSPS) is 20.1. The van der Waals surface area contributed by atoms with Gasteiger partial charge in [-0.3, -0.25) is 4.79 Å². The second-order valence-corrected chi connectivity index (χ2v) is 5.55. The Bertz CT molecular complexity index is 461. The summed E-state index contributed by atoms with van der Waals surface area (Å²) in [5.41, 5.74) is 6.89. The molecule has 1 fully saturated rings. The minimum Gasteiger partial charge on any atom is -0.398 e. The number of hydrogen-bond acceptors (Lipinski definition) is 2. The number of carbonyl (C=O) groups is 1. The zero-order valence-electron chi connectivity index (χ0n) is 11.4. The molecule has 0 aliphatic carbocycles. The lowest BCUT2D eigenvalue weighted by Gasteiger charge is -2.29. The molecule has 1 saturated heterocycles. The Labute approximate surface area is 119 Å². The summed E-state index contributed by atoms with van der Waals surface area (Å²) in [5, 5.41) is 0.499. The van der Waals surface area contributed by atoms with Gasteiger partial charge >= 0.3 is 0 Å². The third kappa shape index (κ3) is 3.21. The van der Waals surface area contributed by atoms with Crippen molar-refractivity contribution < 1.29 is 4.79 Å². The number of nitrogens with zero attached hydrogens (tertiary/aromatic N) is 1. The molecule has 3 nitrogen and oxygen atoms in total. The van der Waals surface area contributed by atoms with Gasteiger partial charge in [0.1, 0.15) is 0 Å². The van der Waals surface area contributed by atoms with E-state index in [-0.39, 0.29) is 5.91 Å². The van der Waals surface area contributed by atoms with Crippen LogP contribution in [0.4, 0.5) is 5.69 Å². The second kappa shape index (κ2) is 6.29. The van der Waals surface area contributed by atoms with Crippen LogP contribution < -0.4 is 5.73 Å². The first-order chi connectivity index (χ1) is 9.13. The van der Waals surface area contributed by atoms with Gasteiger partial charge in [-0.1, -0.05) is 31.4 Å². The van der Waals surface area contributed by atoms with E-state index in [2.05, 4.69) is 6.92 Å². The maximum absolute atomic E-state index is 12.6. The van der Waals surface area contributed by atoms with Gasteiger partial charge in [-0.15, -0.1) is 0 Å². The minimum absolute atomic E-state index is 0.0807. The smallest absolute Gasteiger partial charge is 0.254 e. The van der Waals surface area contributed by atoms with E-state index in [4.69, 9.17) is 17.3 Å². The van der Waals surface area contributed by atoms with Crippen LogP contribution in [-0.2, 0) is 0 Å². The quantitative estimate of drug-likeness (QED) is 0.839. The number of amides is 1. The molecule has 19 heavy (non-hydrogen) atoms. The topological polar surface area (TPSA) is 46.3 Å². The summed E-state index contributed by atoms with van der Waals surface area (Å²) in [6.45, 7) is 2.99. The number of rotatable bonds is 2. The maximum Gasteiger partial charge on any atom is 0.254 e. The number of nitrogens with two attached hydrogens (primary N) is 1. The summed E-state index contributed by atoms with van der Waals surface area (Å²) in [5.74, 6) is 0.0807. The summed E-state index contributed by atoms with van der Waals surface area (Å²) in [6, 6.07) is 5.50. The summed E-state index contributed by atoms with van der Waals surface area (Å²) in [6.07, 6.45) is 5.62. The van der Waals surface area contributed by atoms with Crippen LogP contribution in [0.1, 0.15) is 49.4 Å². The number of halogens is 1. The largest absolute Gasteiger partial charge is 0.398 e. The predicted molar refractivity (Wildman–Crippen MR) is 79.4 cm³/mol. The Balaban J connectivity index is 2.22. The zero-order valence-corrected chi connectivity index (χ0v) is 12.1. The fourth-order valence-electron chi connectivity index (χ4n) is 2.71. The highest BCUT2D eigenvalue weighted by molar-refractivity contribution is 6.33. The fourth-order valence-corrected chi connectivity index (χ4v) is 2.83. The van der Waals surface area contributed by atoms with E-state index < -0.39 is 0 Å². The van der Waals surface area contributed by atoms with Crippen LogP contribution in [0.25, 0.3) is 0 Å². The standard InChI is InChI=1S/C15H21ClN2O/c1-2-12-6-4-3-5-9-18(12)15(19)11-7-8-13(16)14(17)10-11/h7-8,10,12H,2-6,9,17H2,1H3. The molecule has 0 saturated carbocycles. The van der Waals surface area contributed by atoms with Gasteiger partial charge in [-0.05, 0) is 37.5 Å². The average Bonchev–Trinajstić information content (AvgIpc) is 2.66. The van der Waals surface area contributed by atoms with Crippen LogP contribution in [0.3, 0.4) is 0 Å². The molecule has 0 radical (unpaired) electrons. The van der Waals surface area contributed by atoms with E-state index in [0.717, 1.165) is 25.8 Å². The van der Waals surface area contributed by atoms with Crippen molar-refractivity contribution in [3.05, 3.63) is 28.8 Å². The Morgan fingerprint density at radius 3 is 2.89 bits per heavy atom. The number of anilines is 1. The van der Waals surface area contributed by atoms with Crippen molar-refractivity contribution in [3.8, 4) is 0 Å². The molecule has 0 aromatic heterocycles. The highest BCUT2D eigenvalue weighted by atomic mass is 35.5. The van der Waals surface area contributed by atoms with E-state index in [9.17, 15) is 4.79 Å². The van der Waals surface area contributed by atoms with Crippen molar-refractivity contribution in [2.75, 3.05) is 12.3 Å². The van der Waals surface area contributed by atoms with Crippen LogP contribution in [0.5, 0.6) is 0 Å². The SMILES string of the molecule is CCC1CCCCCN1C(=O)c1ccc(Cl)c(N)c1. The molecule has 0 bridgehead atoms. The number of carbonyl (C=O) groups excluding carboxylic acids is 1.